The largest absolute Gasteiger partial charge is 0.399 e. The lowest BCUT2D eigenvalue weighted by Gasteiger charge is -2.22. The first-order valence-corrected chi connectivity index (χ1v) is 6.47. The van der Waals surface area contributed by atoms with Gasteiger partial charge < -0.3 is 10.5 Å². The summed E-state index contributed by atoms with van der Waals surface area (Å²) in [4.78, 5) is 1.28. The molecule has 0 heterocycles. The average molecular weight is 239 g/mol. The van der Waals surface area contributed by atoms with E-state index in [1.54, 1.807) is 7.11 Å². The lowest BCUT2D eigenvalue weighted by Crippen LogP contribution is -2.22. The van der Waals surface area contributed by atoms with E-state index in [9.17, 15) is 0 Å². The molecule has 0 aliphatic heterocycles. The van der Waals surface area contributed by atoms with Crippen molar-refractivity contribution in [1.82, 2.24) is 0 Å². The molecule has 90 valence electrons. The van der Waals surface area contributed by atoms with Gasteiger partial charge in [-0.25, -0.2) is 0 Å². The van der Waals surface area contributed by atoms with Crippen molar-refractivity contribution >= 4 is 17.4 Å². The zero-order valence-corrected chi connectivity index (χ0v) is 11.4. The van der Waals surface area contributed by atoms with Crippen LogP contribution in [0.15, 0.2) is 23.1 Å². The number of benzene rings is 1. The number of aryl methyl sites for hydroxylation is 1. The highest BCUT2D eigenvalue weighted by Crippen LogP contribution is 2.25. The van der Waals surface area contributed by atoms with Crippen LogP contribution >= 0.6 is 11.8 Å². The molecule has 0 fully saturated rings. The third kappa shape index (κ3) is 4.06. The number of anilines is 1. The second-order valence-corrected chi connectivity index (χ2v) is 5.75. The van der Waals surface area contributed by atoms with Gasteiger partial charge in [0, 0.05) is 23.4 Å². The van der Waals surface area contributed by atoms with Gasteiger partial charge in [-0.05, 0) is 51.0 Å². The Labute approximate surface area is 103 Å². The van der Waals surface area contributed by atoms with Crippen LogP contribution in [-0.2, 0) is 4.74 Å². The number of nitrogens with two attached hydrogens (primary N) is 1. The summed E-state index contributed by atoms with van der Waals surface area (Å²) in [6.07, 6.45) is 1.04. The summed E-state index contributed by atoms with van der Waals surface area (Å²) in [5.41, 5.74) is 7.76. The molecule has 3 heteroatoms. The van der Waals surface area contributed by atoms with Crippen LogP contribution < -0.4 is 5.73 Å². The molecule has 0 aliphatic rings. The van der Waals surface area contributed by atoms with E-state index >= 15 is 0 Å². The molecule has 0 amide bonds. The normalized spacial score (nSPS) is 11.8. The van der Waals surface area contributed by atoms with Crippen LogP contribution in [0.1, 0.15) is 25.8 Å². The zero-order chi connectivity index (χ0) is 12.2. The van der Waals surface area contributed by atoms with Crippen LogP contribution in [0.5, 0.6) is 0 Å². The average Bonchev–Trinajstić information content (AvgIpc) is 2.23. The SMILES string of the molecule is COC(C)(C)CCSc1ccc(N)c(C)c1. The van der Waals surface area contributed by atoms with Crippen molar-refractivity contribution in [3.05, 3.63) is 23.8 Å². The Bertz CT molecular complexity index is 350. The molecular formula is C13H21NOS. The number of rotatable bonds is 5. The van der Waals surface area contributed by atoms with Gasteiger partial charge in [-0.2, -0.15) is 0 Å². The number of hydrogen-bond donors (Lipinski definition) is 1. The first-order chi connectivity index (χ1) is 7.44. The Kier molecular flexibility index (Phi) is 4.69. The molecule has 0 saturated carbocycles. The Morgan fingerprint density at radius 3 is 2.62 bits per heavy atom. The summed E-state index contributed by atoms with van der Waals surface area (Å²) < 4.78 is 5.39. The molecule has 0 atom stereocenters. The van der Waals surface area contributed by atoms with Crippen molar-refractivity contribution in [2.24, 2.45) is 0 Å². The lowest BCUT2D eigenvalue weighted by molar-refractivity contribution is 0.0207. The van der Waals surface area contributed by atoms with E-state index in [1.807, 2.05) is 24.8 Å². The second kappa shape index (κ2) is 5.60. The minimum Gasteiger partial charge on any atom is -0.399 e. The second-order valence-electron chi connectivity index (χ2n) is 4.58. The van der Waals surface area contributed by atoms with Gasteiger partial charge in [0.1, 0.15) is 0 Å². The van der Waals surface area contributed by atoms with Crippen LogP contribution in [0.4, 0.5) is 5.69 Å². The molecule has 2 nitrogen and oxygen atoms in total. The Morgan fingerprint density at radius 2 is 2.06 bits per heavy atom. The van der Waals surface area contributed by atoms with Gasteiger partial charge in [-0.3, -0.25) is 0 Å². The summed E-state index contributed by atoms with van der Waals surface area (Å²) in [5, 5.41) is 0. The third-order valence-electron chi connectivity index (χ3n) is 2.77. The molecule has 1 aromatic rings. The number of methoxy groups -OCH3 is 1. The van der Waals surface area contributed by atoms with Crippen molar-refractivity contribution in [2.45, 2.75) is 37.7 Å². The maximum atomic E-state index is 5.78. The van der Waals surface area contributed by atoms with E-state index in [0.717, 1.165) is 23.4 Å². The standard InChI is InChI=1S/C13H21NOS/c1-10-9-11(5-6-12(10)14)16-8-7-13(2,3)15-4/h5-6,9H,7-8,14H2,1-4H3. The fourth-order valence-corrected chi connectivity index (χ4v) is 2.51. The van der Waals surface area contributed by atoms with Crippen LogP contribution in [0.3, 0.4) is 0 Å². The summed E-state index contributed by atoms with van der Waals surface area (Å²) in [5.74, 6) is 1.06. The minimum absolute atomic E-state index is 0.0319. The van der Waals surface area contributed by atoms with Gasteiger partial charge >= 0.3 is 0 Å². The summed E-state index contributed by atoms with van der Waals surface area (Å²) in [6, 6.07) is 6.19. The minimum atomic E-state index is -0.0319. The third-order valence-corrected chi connectivity index (χ3v) is 3.76. The van der Waals surface area contributed by atoms with E-state index in [4.69, 9.17) is 10.5 Å². The Morgan fingerprint density at radius 1 is 1.38 bits per heavy atom. The maximum absolute atomic E-state index is 5.78. The quantitative estimate of drug-likeness (QED) is 0.631. The fraction of sp³-hybridized carbons (Fsp3) is 0.538. The molecule has 16 heavy (non-hydrogen) atoms. The first kappa shape index (κ1) is 13.4. The smallest absolute Gasteiger partial charge is 0.0630 e. The van der Waals surface area contributed by atoms with E-state index in [0.29, 0.717) is 0 Å². The highest BCUT2D eigenvalue weighted by molar-refractivity contribution is 7.99. The maximum Gasteiger partial charge on any atom is 0.0630 e. The Hall–Kier alpha value is -0.670. The molecule has 0 bridgehead atoms. The lowest BCUT2D eigenvalue weighted by atomic mass is 10.1. The molecule has 2 N–H and O–H groups in total. The molecule has 0 unspecified atom stereocenters. The van der Waals surface area contributed by atoms with Crippen LogP contribution in [0.2, 0.25) is 0 Å². The number of thioether (sulfide) groups is 1. The highest BCUT2D eigenvalue weighted by Gasteiger charge is 2.15. The van der Waals surface area contributed by atoms with Gasteiger partial charge in [-0.1, -0.05) is 0 Å². The van der Waals surface area contributed by atoms with E-state index < -0.39 is 0 Å². The van der Waals surface area contributed by atoms with Crippen molar-refractivity contribution in [2.75, 3.05) is 18.6 Å². The fourth-order valence-electron chi connectivity index (χ4n) is 1.25. The topological polar surface area (TPSA) is 35.2 Å². The van der Waals surface area contributed by atoms with E-state index in [2.05, 4.69) is 26.0 Å². The molecule has 1 rings (SSSR count). The molecule has 1 aromatic carbocycles. The number of nitrogen functional groups attached to an aromatic ring is 1. The summed E-state index contributed by atoms with van der Waals surface area (Å²) >= 11 is 1.85. The molecule has 0 spiro atoms. The van der Waals surface area contributed by atoms with Crippen LogP contribution in [0, 0.1) is 6.92 Å². The monoisotopic (exact) mass is 239 g/mol. The van der Waals surface area contributed by atoms with E-state index in [-0.39, 0.29) is 5.60 Å². The van der Waals surface area contributed by atoms with Crippen molar-refractivity contribution < 1.29 is 4.74 Å². The molecular weight excluding hydrogens is 218 g/mol. The molecule has 0 saturated heterocycles. The van der Waals surface area contributed by atoms with Gasteiger partial charge in [0.25, 0.3) is 0 Å². The zero-order valence-electron chi connectivity index (χ0n) is 10.5. The van der Waals surface area contributed by atoms with Crippen molar-refractivity contribution in [3.8, 4) is 0 Å². The predicted octanol–water partition coefficient (Wildman–Crippen LogP) is 3.48. The Balaban J connectivity index is 2.46. The number of hydrogen-bond acceptors (Lipinski definition) is 3. The number of ether oxygens (including phenoxy) is 1. The van der Waals surface area contributed by atoms with Crippen LogP contribution in [-0.4, -0.2) is 18.5 Å². The van der Waals surface area contributed by atoms with Gasteiger partial charge in [0.05, 0.1) is 5.60 Å². The van der Waals surface area contributed by atoms with E-state index in [1.165, 1.54) is 4.90 Å². The summed E-state index contributed by atoms with van der Waals surface area (Å²) in [6.45, 7) is 6.27. The van der Waals surface area contributed by atoms with Gasteiger partial charge in [0.15, 0.2) is 0 Å². The highest BCUT2D eigenvalue weighted by atomic mass is 32.2. The molecule has 0 radical (unpaired) electrons. The van der Waals surface area contributed by atoms with Gasteiger partial charge in [-0.15, -0.1) is 11.8 Å². The van der Waals surface area contributed by atoms with Crippen molar-refractivity contribution in [3.63, 3.8) is 0 Å². The molecule has 0 aromatic heterocycles. The summed E-state index contributed by atoms with van der Waals surface area (Å²) in [7, 11) is 1.76. The first-order valence-electron chi connectivity index (χ1n) is 5.49. The molecule has 0 aliphatic carbocycles. The predicted molar refractivity (Wildman–Crippen MR) is 72.0 cm³/mol. The van der Waals surface area contributed by atoms with Crippen molar-refractivity contribution in [1.29, 1.82) is 0 Å². The van der Waals surface area contributed by atoms with Gasteiger partial charge in [0.2, 0.25) is 0 Å². The van der Waals surface area contributed by atoms with Crippen LogP contribution in [0.25, 0.3) is 0 Å².